The minimum Gasteiger partial charge on any atom is -0.460 e. The van der Waals surface area contributed by atoms with Gasteiger partial charge in [-0.3, -0.25) is 4.79 Å². The molecule has 2 aliphatic heterocycles. The number of anilines is 1. The van der Waals surface area contributed by atoms with Crippen LogP contribution in [0.4, 0.5) is 19.0 Å². The Morgan fingerprint density at radius 1 is 0.885 bits per heavy atom. The minimum absolute atomic E-state index is 0.230. The number of hydrogen-bond donors (Lipinski definition) is 2. The first-order valence-electron chi connectivity index (χ1n) is 17.7. The zero-order chi connectivity index (χ0) is 37.0. The van der Waals surface area contributed by atoms with E-state index >= 15 is 0 Å². The number of hydrogen-bond acceptors (Lipinski definition) is 11. The Balaban J connectivity index is 0.942. The molecule has 0 spiro atoms. The molecule has 280 valence electrons. The summed E-state index contributed by atoms with van der Waals surface area (Å²) < 4.78 is 57.0. The molecule has 1 aromatic carbocycles. The molecular weight excluding hydrogens is 677 g/mol. The number of carbonyl (C=O) groups is 1. The van der Waals surface area contributed by atoms with Crippen LogP contribution in [0.25, 0.3) is 0 Å². The lowest BCUT2D eigenvalue weighted by atomic mass is 9.89. The van der Waals surface area contributed by atoms with E-state index in [2.05, 4.69) is 59.8 Å². The van der Waals surface area contributed by atoms with Crippen molar-refractivity contribution in [2.75, 3.05) is 64.5 Å². The highest BCUT2D eigenvalue weighted by Crippen LogP contribution is 2.32. The largest absolute Gasteiger partial charge is 0.460 e. The number of nitrogens with one attached hydrogen (secondary N) is 2. The Bertz CT molecular complexity index is 1690. The third-order valence-electron chi connectivity index (χ3n) is 8.38. The fraction of sp³-hybridized carbons (Fsp3) is 0.541. The fourth-order valence-electron chi connectivity index (χ4n) is 5.80. The van der Waals surface area contributed by atoms with Gasteiger partial charge in [0.05, 0.1) is 32.8 Å². The van der Waals surface area contributed by atoms with Crippen LogP contribution in [0.3, 0.4) is 0 Å². The third kappa shape index (κ3) is 12.0. The smallest absolute Gasteiger partial charge is 0.453 e. The van der Waals surface area contributed by atoms with Gasteiger partial charge in [-0.15, -0.1) is 10.2 Å². The van der Waals surface area contributed by atoms with Crippen molar-refractivity contribution in [1.82, 2.24) is 30.1 Å². The molecule has 5 rings (SSSR count). The summed E-state index contributed by atoms with van der Waals surface area (Å²) in [5.74, 6) is 7.08. The van der Waals surface area contributed by atoms with E-state index in [1.54, 1.807) is 6.20 Å². The highest BCUT2D eigenvalue weighted by atomic mass is 19.4. The summed E-state index contributed by atoms with van der Waals surface area (Å²) in [6.07, 6.45) is 0.0994. The predicted octanol–water partition coefficient (Wildman–Crippen LogP) is 4.85. The fourth-order valence-corrected chi connectivity index (χ4v) is 5.80. The van der Waals surface area contributed by atoms with Crippen LogP contribution in [0.1, 0.15) is 80.7 Å². The van der Waals surface area contributed by atoms with Gasteiger partial charge >= 0.3 is 12.1 Å². The maximum Gasteiger partial charge on any atom is 0.453 e. The van der Waals surface area contributed by atoms with Crippen molar-refractivity contribution < 1.29 is 32.2 Å². The molecule has 2 aliphatic rings. The van der Waals surface area contributed by atoms with Crippen LogP contribution in [-0.2, 0) is 31.6 Å². The average Bonchev–Trinajstić information content (AvgIpc) is 3.56. The highest BCUT2D eigenvalue weighted by molar-refractivity contribution is 5.83. The molecule has 0 unspecified atom stereocenters. The van der Waals surface area contributed by atoms with Crippen molar-refractivity contribution in [1.29, 1.82) is 0 Å². The number of aryl methyl sites for hydroxylation is 1. The van der Waals surface area contributed by atoms with Crippen LogP contribution < -0.4 is 10.6 Å². The number of esters is 1. The van der Waals surface area contributed by atoms with Crippen LogP contribution in [0.15, 0.2) is 47.7 Å². The summed E-state index contributed by atoms with van der Waals surface area (Å²) in [7, 11) is 0. The quantitative estimate of drug-likeness (QED) is 0.135. The molecule has 0 bridgehead atoms. The number of pyridine rings is 1. The second-order valence-electron chi connectivity index (χ2n) is 13.6. The standard InChI is InChI=1S/C37H47F3N8O4/c1-36(2,3)52-34(49)16-22-50-24-25-51-23-19-41-17-18-42-31-11-8-28(26-43-31)5-4-27-6-9-29(10-7-27)30-14-20-47(21-15-30)33-13-12-32-44-45-35(37(38,39)40)48(32)46-33/h6-11,26,30,41H,12-25H2,1-3H3,(H,42,43). The zero-order valence-corrected chi connectivity index (χ0v) is 30.0. The normalized spacial score (nSPS) is 15.0. The number of fused-ring (bicyclic) bond motifs is 1. The van der Waals surface area contributed by atoms with Crippen molar-refractivity contribution in [3.05, 3.63) is 70.9 Å². The van der Waals surface area contributed by atoms with Gasteiger partial charge in [0.1, 0.15) is 17.3 Å². The molecule has 52 heavy (non-hydrogen) atoms. The number of amidine groups is 1. The molecule has 0 radical (unpaired) electrons. The molecular formula is C37H47F3N8O4. The van der Waals surface area contributed by atoms with Gasteiger partial charge in [0.25, 0.3) is 5.82 Å². The molecule has 15 heteroatoms. The molecule has 12 nitrogen and oxygen atoms in total. The first-order valence-corrected chi connectivity index (χ1v) is 17.7. The summed E-state index contributed by atoms with van der Waals surface area (Å²) in [4.78, 5) is 18.2. The van der Waals surface area contributed by atoms with Gasteiger partial charge < -0.3 is 29.7 Å². The number of alkyl halides is 3. The van der Waals surface area contributed by atoms with Crippen LogP contribution in [0.5, 0.6) is 0 Å². The van der Waals surface area contributed by atoms with Gasteiger partial charge in [-0.1, -0.05) is 24.0 Å². The molecule has 0 amide bonds. The van der Waals surface area contributed by atoms with E-state index in [1.807, 2.05) is 45.0 Å². The molecule has 0 saturated carbocycles. The number of nitrogens with zero attached hydrogens (tertiary/aromatic N) is 6. The summed E-state index contributed by atoms with van der Waals surface area (Å²) in [6, 6.07) is 12.1. The number of rotatable bonds is 14. The Kier molecular flexibility index (Phi) is 13.6. The van der Waals surface area contributed by atoms with E-state index in [0.717, 1.165) is 54.1 Å². The van der Waals surface area contributed by atoms with Crippen LogP contribution in [-0.4, -0.2) is 101 Å². The van der Waals surface area contributed by atoms with Crippen molar-refractivity contribution >= 4 is 17.6 Å². The lowest BCUT2D eigenvalue weighted by Gasteiger charge is -2.35. The Hall–Kier alpha value is -4.52. The maximum absolute atomic E-state index is 13.3. The third-order valence-corrected chi connectivity index (χ3v) is 8.38. The van der Waals surface area contributed by atoms with Crippen LogP contribution in [0, 0.1) is 11.8 Å². The van der Waals surface area contributed by atoms with E-state index in [4.69, 9.17) is 14.2 Å². The van der Waals surface area contributed by atoms with E-state index in [0.29, 0.717) is 64.1 Å². The first kappa shape index (κ1) is 38.7. The summed E-state index contributed by atoms with van der Waals surface area (Å²) in [5.41, 5.74) is 2.47. The number of piperidine rings is 1. The average molecular weight is 725 g/mol. The topological polar surface area (TPSA) is 128 Å². The SMILES string of the molecule is CC(C)(C)OC(=O)CCOCCOCCNCCNc1ccc(C#Cc2ccc(C3CCN(C4=Nn5c(nnc5C(F)(F)F)CC4)CC3)cc2)cn1. The number of aromatic nitrogens is 4. The molecule has 1 fully saturated rings. The molecule has 3 aromatic rings. The van der Waals surface area contributed by atoms with E-state index in [-0.39, 0.29) is 18.2 Å². The van der Waals surface area contributed by atoms with Crippen molar-refractivity contribution in [3.63, 3.8) is 0 Å². The molecule has 0 aliphatic carbocycles. The van der Waals surface area contributed by atoms with Gasteiger partial charge in [-0.2, -0.15) is 22.9 Å². The van der Waals surface area contributed by atoms with Crippen molar-refractivity contribution in [3.8, 4) is 11.8 Å². The first-order chi connectivity index (χ1) is 24.9. The lowest BCUT2D eigenvalue weighted by Crippen LogP contribution is -2.40. The van der Waals surface area contributed by atoms with Crippen LogP contribution >= 0.6 is 0 Å². The maximum atomic E-state index is 13.3. The van der Waals surface area contributed by atoms with Gasteiger partial charge in [-0.25, -0.2) is 4.98 Å². The van der Waals surface area contributed by atoms with Gasteiger partial charge in [0.2, 0.25) is 0 Å². The Morgan fingerprint density at radius 3 is 2.29 bits per heavy atom. The molecule has 2 aromatic heterocycles. The zero-order valence-electron chi connectivity index (χ0n) is 30.0. The second-order valence-corrected chi connectivity index (χ2v) is 13.6. The van der Waals surface area contributed by atoms with Gasteiger partial charge in [0.15, 0.2) is 5.82 Å². The Morgan fingerprint density at radius 2 is 1.60 bits per heavy atom. The van der Waals surface area contributed by atoms with Gasteiger partial charge in [-0.05, 0) is 69.4 Å². The van der Waals surface area contributed by atoms with Gasteiger partial charge in [0, 0.05) is 62.9 Å². The molecule has 4 heterocycles. The monoisotopic (exact) mass is 724 g/mol. The predicted molar refractivity (Wildman–Crippen MR) is 190 cm³/mol. The van der Waals surface area contributed by atoms with Crippen molar-refractivity contribution in [2.24, 2.45) is 5.10 Å². The van der Waals surface area contributed by atoms with E-state index < -0.39 is 17.6 Å². The Labute approximate surface area is 302 Å². The summed E-state index contributed by atoms with van der Waals surface area (Å²) in [5, 5.41) is 17.8. The van der Waals surface area contributed by atoms with E-state index in [1.165, 1.54) is 5.56 Å². The number of carbonyl (C=O) groups excluding carboxylic acids is 1. The molecule has 2 N–H and O–H groups in total. The van der Waals surface area contributed by atoms with Crippen LogP contribution in [0.2, 0.25) is 0 Å². The van der Waals surface area contributed by atoms with E-state index in [9.17, 15) is 18.0 Å². The second kappa shape index (κ2) is 18.3. The number of ether oxygens (including phenoxy) is 3. The summed E-state index contributed by atoms with van der Waals surface area (Å²) >= 11 is 0. The highest BCUT2D eigenvalue weighted by Gasteiger charge is 2.40. The van der Waals surface area contributed by atoms with Crippen molar-refractivity contribution in [2.45, 2.75) is 70.6 Å². The number of likely N-dealkylation sites (tertiary alicyclic amines) is 1. The number of benzene rings is 1. The minimum atomic E-state index is -4.59. The lowest BCUT2D eigenvalue weighted by molar-refractivity contribution is -0.156. The number of halogens is 3. The molecule has 0 atom stereocenters. The molecule has 1 saturated heterocycles. The summed E-state index contributed by atoms with van der Waals surface area (Å²) in [6.45, 7) is 10.9.